The summed E-state index contributed by atoms with van der Waals surface area (Å²) in [5, 5.41) is 13.8. The van der Waals surface area contributed by atoms with Crippen molar-refractivity contribution in [3.8, 4) is 11.5 Å². The lowest BCUT2D eigenvalue weighted by Crippen LogP contribution is -2.19. The fourth-order valence-corrected chi connectivity index (χ4v) is 3.77. The number of anilines is 2. The van der Waals surface area contributed by atoms with E-state index in [1.165, 1.54) is 16.3 Å². The van der Waals surface area contributed by atoms with Crippen LogP contribution in [0.2, 0.25) is 0 Å². The van der Waals surface area contributed by atoms with Crippen molar-refractivity contribution in [1.29, 1.82) is 0 Å². The normalized spacial score (nSPS) is 12.5. The summed E-state index contributed by atoms with van der Waals surface area (Å²) >= 11 is 5.44. The van der Waals surface area contributed by atoms with Crippen LogP contribution in [0.15, 0.2) is 73.1 Å². The number of rotatable bonds is 4. The maximum atomic E-state index is 5.61. The predicted octanol–water partition coefficient (Wildman–Crippen LogP) is 4.66. The van der Waals surface area contributed by atoms with Gasteiger partial charge in [0.15, 0.2) is 16.6 Å². The molecule has 0 bridgehead atoms. The Labute approximate surface area is 179 Å². The van der Waals surface area contributed by atoms with E-state index in [4.69, 9.17) is 21.7 Å². The molecule has 0 aliphatic carbocycles. The maximum Gasteiger partial charge on any atom is 0.175 e. The molecule has 30 heavy (non-hydrogen) atoms. The number of nitrogens with one attached hydrogen (secondary N) is 2. The summed E-state index contributed by atoms with van der Waals surface area (Å²) in [6.07, 6.45) is 3.71. The number of fused-ring (bicyclic) bond motifs is 2. The van der Waals surface area contributed by atoms with Gasteiger partial charge in [0.05, 0.1) is 18.4 Å². The van der Waals surface area contributed by atoms with Crippen molar-refractivity contribution in [2.45, 2.75) is 6.54 Å². The quantitative estimate of drug-likeness (QED) is 0.472. The second kappa shape index (κ2) is 8.04. The van der Waals surface area contributed by atoms with Gasteiger partial charge in [0.25, 0.3) is 0 Å². The molecule has 0 unspecified atom stereocenters. The Kier molecular flexibility index (Phi) is 4.94. The molecule has 3 aromatic carbocycles. The minimum atomic E-state index is 0.483. The van der Waals surface area contributed by atoms with Gasteiger partial charge in [-0.2, -0.15) is 5.10 Å². The first kappa shape index (κ1) is 18.4. The third-order valence-corrected chi connectivity index (χ3v) is 5.11. The van der Waals surface area contributed by atoms with Crippen LogP contribution >= 0.6 is 12.2 Å². The van der Waals surface area contributed by atoms with E-state index >= 15 is 0 Å². The highest BCUT2D eigenvalue weighted by Crippen LogP contribution is 2.32. The molecule has 1 aliphatic rings. The van der Waals surface area contributed by atoms with E-state index in [0.29, 0.717) is 24.9 Å². The van der Waals surface area contributed by atoms with Crippen LogP contribution in [0.4, 0.5) is 11.4 Å². The summed E-state index contributed by atoms with van der Waals surface area (Å²) in [6.45, 7) is 1.81. The third-order valence-electron chi connectivity index (χ3n) is 4.90. The van der Waals surface area contributed by atoms with E-state index in [0.717, 1.165) is 22.9 Å². The summed E-state index contributed by atoms with van der Waals surface area (Å²) in [6, 6.07) is 20.4. The molecule has 7 heteroatoms. The van der Waals surface area contributed by atoms with E-state index < -0.39 is 0 Å². The lowest BCUT2D eigenvalue weighted by Gasteiger charge is -2.19. The molecule has 0 radical (unpaired) electrons. The lowest BCUT2D eigenvalue weighted by molar-refractivity contribution is 0.171. The fraction of sp³-hybridized carbons (Fsp3) is 0.130. The number of aromatic nitrogens is 2. The first-order chi connectivity index (χ1) is 14.7. The molecular weight excluding hydrogens is 396 g/mol. The molecular formula is C23H20N4O2S. The molecule has 0 saturated carbocycles. The number of ether oxygens (including phenoxy) is 2. The van der Waals surface area contributed by atoms with Crippen molar-refractivity contribution in [3.05, 3.63) is 78.6 Å². The van der Waals surface area contributed by atoms with E-state index in [2.05, 4.69) is 58.2 Å². The van der Waals surface area contributed by atoms with Crippen LogP contribution in [-0.4, -0.2) is 28.1 Å². The molecule has 5 rings (SSSR count). The first-order valence-electron chi connectivity index (χ1n) is 9.71. The summed E-state index contributed by atoms with van der Waals surface area (Å²) in [5.41, 5.74) is 2.88. The number of hydrogen-bond acceptors (Lipinski definition) is 4. The van der Waals surface area contributed by atoms with Crippen LogP contribution in [0.1, 0.15) is 5.56 Å². The molecule has 0 saturated heterocycles. The fourth-order valence-electron chi connectivity index (χ4n) is 3.53. The first-order valence-corrected chi connectivity index (χ1v) is 10.1. The molecule has 6 nitrogen and oxygen atoms in total. The Morgan fingerprint density at radius 1 is 0.933 bits per heavy atom. The van der Waals surface area contributed by atoms with Crippen molar-refractivity contribution in [2.24, 2.45) is 0 Å². The lowest BCUT2D eigenvalue weighted by atomic mass is 10.0. The Hall–Kier alpha value is -3.58. The van der Waals surface area contributed by atoms with Crippen LogP contribution in [-0.2, 0) is 6.54 Å². The Morgan fingerprint density at radius 3 is 2.67 bits per heavy atom. The minimum Gasteiger partial charge on any atom is -0.486 e. The standard InChI is InChI=1S/C23H20N4O2S/c30-23(25-18-8-9-21-22(12-18)29-11-10-28-21)26-19-13-24-27(15-19)14-17-6-3-5-16-4-1-2-7-20(16)17/h1-9,12-13,15H,10-11,14H2,(H2,25,26,30). The summed E-state index contributed by atoms with van der Waals surface area (Å²) in [5.74, 6) is 1.47. The average molecular weight is 417 g/mol. The van der Waals surface area contributed by atoms with Gasteiger partial charge in [-0.15, -0.1) is 0 Å². The Balaban J connectivity index is 1.25. The number of nitrogens with zero attached hydrogens (tertiary/aromatic N) is 2. The Bertz CT molecular complexity index is 1220. The van der Waals surface area contributed by atoms with Crippen molar-refractivity contribution < 1.29 is 9.47 Å². The molecule has 0 atom stereocenters. The van der Waals surface area contributed by atoms with Gasteiger partial charge < -0.3 is 20.1 Å². The monoisotopic (exact) mass is 416 g/mol. The summed E-state index contributed by atoms with van der Waals surface area (Å²) in [7, 11) is 0. The predicted molar refractivity (Wildman–Crippen MR) is 123 cm³/mol. The van der Waals surface area contributed by atoms with Gasteiger partial charge in [-0.25, -0.2) is 0 Å². The zero-order chi connectivity index (χ0) is 20.3. The van der Waals surface area contributed by atoms with Crippen LogP contribution < -0.4 is 20.1 Å². The number of thiocarbonyl (C=S) groups is 1. The van der Waals surface area contributed by atoms with Crippen molar-refractivity contribution in [2.75, 3.05) is 23.8 Å². The van der Waals surface area contributed by atoms with Crippen molar-refractivity contribution in [1.82, 2.24) is 9.78 Å². The molecule has 150 valence electrons. The number of benzene rings is 3. The molecule has 1 aliphatic heterocycles. The average Bonchev–Trinajstić information content (AvgIpc) is 3.20. The van der Waals surface area contributed by atoms with Gasteiger partial charge in [0, 0.05) is 18.0 Å². The smallest absolute Gasteiger partial charge is 0.175 e. The molecule has 1 aromatic heterocycles. The van der Waals surface area contributed by atoms with Gasteiger partial charge >= 0.3 is 0 Å². The summed E-state index contributed by atoms with van der Waals surface area (Å²) < 4.78 is 13.1. The zero-order valence-electron chi connectivity index (χ0n) is 16.2. The Morgan fingerprint density at radius 2 is 1.73 bits per heavy atom. The van der Waals surface area contributed by atoms with Crippen LogP contribution in [0.5, 0.6) is 11.5 Å². The summed E-state index contributed by atoms with van der Waals surface area (Å²) in [4.78, 5) is 0. The molecule has 2 N–H and O–H groups in total. The van der Waals surface area contributed by atoms with E-state index in [1.54, 1.807) is 6.20 Å². The second-order valence-electron chi connectivity index (χ2n) is 7.00. The molecule has 0 fully saturated rings. The third kappa shape index (κ3) is 3.92. The van der Waals surface area contributed by atoms with E-state index in [1.807, 2.05) is 29.1 Å². The van der Waals surface area contributed by atoms with Crippen molar-refractivity contribution in [3.63, 3.8) is 0 Å². The molecule has 0 spiro atoms. The highest BCUT2D eigenvalue weighted by Gasteiger charge is 2.12. The second-order valence-corrected chi connectivity index (χ2v) is 7.41. The van der Waals surface area contributed by atoms with Gasteiger partial charge in [-0.05, 0) is 40.7 Å². The largest absolute Gasteiger partial charge is 0.486 e. The van der Waals surface area contributed by atoms with Gasteiger partial charge in [-0.3, -0.25) is 4.68 Å². The molecule has 4 aromatic rings. The molecule has 0 amide bonds. The van der Waals surface area contributed by atoms with E-state index in [9.17, 15) is 0 Å². The highest BCUT2D eigenvalue weighted by molar-refractivity contribution is 7.80. The minimum absolute atomic E-state index is 0.483. The number of hydrogen-bond donors (Lipinski definition) is 2. The topological polar surface area (TPSA) is 60.3 Å². The van der Waals surface area contributed by atoms with Crippen LogP contribution in [0.3, 0.4) is 0 Å². The van der Waals surface area contributed by atoms with Gasteiger partial charge in [-0.1, -0.05) is 42.5 Å². The van der Waals surface area contributed by atoms with Gasteiger partial charge in [0.2, 0.25) is 0 Å². The maximum absolute atomic E-state index is 5.61. The van der Waals surface area contributed by atoms with Crippen molar-refractivity contribution >= 4 is 39.5 Å². The zero-order valence-corrected chi connectivity index (χ0v) is 17.0. The highest BCUT2D eigenvalue weighted by atomic mass is 32.1. The molecule has 2 heterocycles. The van der Waals surface area contributed by atoms with Gasteiger partial charge in [0.1, 0.15) is 13.2 Å². The van der Waals surface area contributed by atoms with Crippen LogP contribution in [0, 0.1) is 0 Å². The van der Waals surface area contributed by atoms with E-state index in [-0.39, 0.29) is 0 Å². The SMILES string of the molecule is S=C(Nc1ccc2c(c1)OCCO2)Nc1cnn(Cc2cccc3ccccc23)c1. The van der Waals surface area contributed by atoms with Crippen LogP contribution in [0.25, 0.3) is 10.8 Å².